The number of hydrogen-bond acceptors (Lipinski definition) is 6. The van der Waals surface area contributed by atoms with Gasteiger partial charge in [0, 0.05) is 20.1 Å². The van der Waals surface area contributed by atoms with Gasteiger partial charge in [-0.2, -0.15) is 0 Å². The van der Waals surface area contributed by atoms with E-state index in [9.17, 15) is 19.5 Å². The summed E-state index contributed by atoms with van der Waals surface area (Å²) in [4.78, 5) is 36.8. The number of nitrogens with one attached hydrogen (secondary N) is 2. The lowest BCUT2D eigenvalue weighted by molar-refractivity contribution is -0.144. The van der Waals surface area contributed by atoms with Crippen LogP contribution in [-0.2, 0) is 23.8 Å². The zero-order chi connectivity index (χ0) is 24.0. The monoisotopic (exact) mass is 456 g/mol. The Morgan fingerprint density at radius 2 is 1.58 bits per heavy atom. The van der Waals surface area contributed by atoms with E-state index in [2.05, 4.69) is 10.6 Å². The van der Waals surface area contributed by atoms with Gasteiger partial charge < -0.3 is 30.0 Å². The molecule has 9 nitrogen and oxygen atoms in total. The normalized spacial score (nSPS) is 15.0. The first-order valence-electron chi connectivity index (χ1n) is 10.5. The van der Waals surface area contributed by atoms with Gasteiger partial charge in [0.05, 0.1) is 13.2 Å². The molecule has 0 aliphatic heterocycles. The summed E-state index contributed by atoms with van der Waals surface area (Å²) in [6, 6.07) is 14.6. The van der Waals surface area contributed by atoms with Crippen LogP contribution in [0, 0.1) is 0 Å². The number of rotatable bonds is 10. The first kappa shape index (κ1) is 24.2. The van der Waals surface area contributed by atoms with E-state index in [1.165, 1.54) is 21.1 Å². The average molecular weight is 456 g/mol. The summed E-state index contributed by atoms with van der Waals surface area (Å²) in [6.07, 6.45) is -0.815. The van der Waals surface area contributed by atoms with E-state index in [1.54, 1.807) is 0 Å². The fraction of sp³-hybridized carbons (Fsp3) is 0.375. The van der Waals surface area contributed by atoms with Crippen molar-refractivity contribution >= 4 is 18.0 Å². The van der Waals surface area contributed by atoms with Crippen molar-refractivity contribution in [1.29, 1.82) is 0 Å². The van der Waals surface area contributed by atoms with Crippen molar-refractivity contribution in [2.24, 2.45) is 0 Å². The van der Waals surface area contributed by atoms with Gasteiger partial charge in [0.1, 0.15) is 12.1 Å². The first-order chi connectivity index (χ1) is 15.8. The highest BCUT2D eigenvalue weighted by atomic mass is 16.5. The summed E-state index contributed by atoms with van der Waals surface area (Å²) in [5.74, 6) is -2.13. The van der Waals surface area contributed by atoms with Crippen LogP contribution in [0.15, 0.2) is 48.5 Å². The molecule has 0 fully saturated rings. The Morgan fingerprint density at radius 3 is 2.09 bits per heavy atom. The van der Waals surface area contributed by atoms with Crippen LogP contribution >= 0.6 is 0 Å². The molecule has 2 aromatic rings. The number of aliphatic carboxylic acids is 1. The summed E-state index contributed by atoms with van der Waals surface area (Å²) in [5.41, 5.74) is 2.77. The highest BCUT2D eigenvalue weighted by Crippen LogP contribution is 2.44. The van der Waals surface area contributed by atoms with Gasteiger partial charge in [-0.1, -0.05) is 48.5 Å². The molecule has 2 amide bonds. The zero-order valence-corrected chi connectivity index (χ0v) is 18.8. The van der Waals surface area contributed by atoms with E-state index in [-0.39, 0.29) is 25.7 Å². The molecule has 0 saturated heterocycles. The van der Waals surface area contributed by atoms with Crippen molar-refractivity contribution in [1.82, 2.24) is 10.6 Å². The Bertz CT molecular complexity index is 980. The van der Waals surface area contributed by atoms with Crippen LogP contribution in [0.5, 0.6) is 0 Å². The van der Waals surface area contributed by atoms with Gasteiger partial charge in [-0.15, -0.1) is 0 Å². The van der Waals surface area contributed by atoms with Gasteiger partial charge in [-0.3, -0.25) is 4.79 Å². The maximum atomic E-state index is 12.8. The molecule has 0 bridgehead atoms. The van der Waals surface area contributed by atoms with Crippen LogP contribution in [0.4, 0.5) is 4.79 Å². The van der Waals surface area contributed by atoms with Crippen LogP contribution in [0.3, 0.4) is 0 Å². The van der Waals surface area contributed by atoms with Crippen LogP contribution in [-0.4, -0.2) is 68.7 Å². The van der Waals surface area contributed by atoms with Crippen LogP contribution in [0.1, 0.15) is 24.0 Å². The number of carboxylic acid groups (broad SMARTS) is 1. The van der Waals surface area contributed by atoms with Crippen molar-refractivity contribution in [3.8, 4) is 11.1 Å². The minimum Gasteiger partial charge on any atom is -0.480 e. The summed E-state index contributed by atoms with van der Waals surface area (Å²) in [6.45, 7) is 1.09. The third-order valence-electron chi connectivity index (χ3n) is 5.59. The van der Waals surface area contributed by atoms with Crippen molar-refractivity contribution in [2.75, 3.05) is 34.0 Å². The number of hydrogen-bond donors (Lipinski definition) is 3. The third kappa shape index (κ3) is 5.32. The third-order valence-corrected chi connectivity index (χ3v) is 5.59. The maximum Gasteiger partial charge on any atom is 0.408 e. The largest absolute Gasteiger partial charge is 0.480 e. The Kier molecular flexibility index (Phi) is 7.67. The predicted molar refractivity (Wildman–Crippen MR) is 120 cm³/mol. The Labute approximate surface area is 192 Å². The molecule has 0 aromatic heterocycles. The summed E-state index contributed by atoms with van der Waals surface area (Å²) >= 11 is 0. The quantitative estimate of drug-likeness (QED) is 0.501. The van der Waals surface area contributed by atoms with Gasteiger partial charge in [-0.25, -0.2) is 9.59 Å². The average Bonchev–Trinajstić information content (AvgIpc) is 3.11. The molecule has 176 valence electrons. The lowest BCUT2D eigenvalue weighted by Crippen LogP contribution is -2.62. The van der Waals surface area contributed by atoms with Crippen LogP contribution in [0.25, 0.3) is 11.1 Å². The number of ether oxygens (including phenoxy) is 3. The lowest BCUT2D eigenvalue weighted by Gasteiger charge is -2.30. The maximum absolute atomic E-state index is 12.8. The van der Waals surface area contributed by atoms with Gasteiger partial charge in [0.25, 0.3) is 0 Å². The second kappa shape index (κ2) is 10.5. The number of amides is 2. The number of alkyl carbamates (subject to hydrolysis) is 1. The first-order valence-corrected chi connectivity index (χ1v) is 10.5. The molecule has 0 spiro atoms. The molecular formula is C24H28N2O7. The minimum absolute atomic E-state index is 0.0754. The van der Waals surface area contributed by atoms with Crippen molar-refractivity contribution in [3.63, 3.8) is 0 Å². The van der Waals surface area contributed by atoms with Crippen LogP contribution < -0.4 is 10.6 Å². The smallest absolute Gasteiger partial charge is 0.408 e. The van der Waals surface area contributed by atoms with E-state index in [1.807, 2.05) is 48.5 Å². The van der Waals surface area contributed by atoms with E-state index >= 15 is 0 Å². The highest BCUT2D eigenvalue weighted by molar-refractivity contribution is 5.92. The van der Waals surface area contributed by atoms with Crippen molar-refractivity contribution < 1.29 is 33.7 Å². The zero-order valence-electron chi connectivity index (χ0n) is 18.8. The second-order valence-corrected chi connectivity index (χ2v) is 8.04. The summed E-state index contributed by atoms with van der Waals surface area (Å²) < 4.78 is 15.4. The van der Waals surface area contributed by atoms with E-state index in [4.69, 9.17) is 14.2 Å². The topological polar surface area (TPSA) is 123 Å². The lowest BCUT2D eigenvalue weighted by atomic mass is 9.98. The second-order valence-electron chi connectivity index (χ2n) is 8.04. The Morgan fingerprint density at radius 1 is 1.00 bits per heavy atom. The number of benzene rings is 2. The fourth-order valence-corrected chi connectivity index (χ4v) is 3.97. The Hall–Kier alpha value is -3.43. The van der Waals surface area contributed by atoms with Gasteiger partial charge in [-0.05, 0) is 29.2 Å². The number of fused-ring (bicyclic) bond motifs is 3. The van der Waals surface area contributed by atoms with Crippen molar-refractivity contribution in [2.45, 2.75) is 24.4 Å². The summed E-state index contributed by atoms with van der Waals surface area (Å²) in [5, 5.41) is 14.1. The molecule has 2 unspecified atom stereocenters. The molecule has 1 aliphatic carbocycles. The summed E-state index contributed by atoms with van der Waals surface area (Å²) in [7, 11) is 2.69. The van der Waals surface area contributed by atoms with Gasteiger partial charge in [0.2, 0.25) is 5.91 Å². The van der Waals surface area contributed by atoms with E-state index in [0.29, 0.717) is 0 Å². The predicted octanol–water partition coefficient (Wildman–Crippen LogP) is 2.15. The van der Waals surface area contributed by atoms with E-state index < -0.39 is 29.6 Å². The van der Waals surface area contributed by atoms with E-state index in [0.717, 1.165) is 22.3 Å². The molecule has 2 atom stereocenters. The molecule has 33 heavy (non-hydrogen) atoms. The van der Waals surface area contributed by atoms with Crippen LogP contribution in [0.2, 0.25) is 0 Å². The molecule has 3 N–H and O–H groups in total. The van der Waals surface area contributed by atoms with Crippen molar-refractivity contribution in [3.05, 3.63) is 59.7 Å². The number of carboxylic acids is 1. The SMILES string of the molecule is COCC(NC(=O)C(C)(COC)NC(=O)OCC1c2ccccc2-c2ccccc21)C(=O)O. The Balaban J connectivity index is 1.69. The highest BCUT2D eigenvalue weighted by Gasteiger charge is 2.38. The molecular weight excluding hydrogens is 428 g/mol. The number of carbonyl (C=O) groups is 3. The minimum atomic E-state index is -1.56. The number of methoxy groups -OCH3 is 2. The fourth-order valence-electron chi connectivity index (χ4n) is 3.97. The molecule has 1 aliphatic rings. The molecule has 3 rings (SSSR count). The molecule has 0 radical (unpaired) electrons. The molecule has 9 heteroatoms. The van der Waals surface area contributed by atoms with Gasteiger partial charge in [0.15, 0.2) is 6.04 Å². The standard InChI is InChI=1S/C24H28N2O7/c1-24(14-32-3,22(29)25-20(13-31-2)21(27)28)26-23(30)33-12-19-17-10-6-4-8-15(17)16-9-5-7-11-18(16)19/h4-11,19-20H,12-14H2,1-3H3,(H,25,29)(H,26,30)(H,27,28). The van der Waals surface area contributed by atoms with Gasteiger partial charge >= 0.3 is 12.1 Å². The molecule has 0 saturated carbocycles. The molecule has 0 heterocycles. The number of carbonyl (C=O) groups excluding carboxylic acids is 2. The molecule has 2 aromatic carbocycles.